The second-order valence-corrected chi connectivity index (χ2v) is 5.35. The Morgan fingerprint density at radius 1 is 0.952 bits per heavy atom. The van der Waals surface area contributed by atoms with Crippen LogP contribution < -0.4 is 5.73 Å². The van der Waals surface area contributed by atoms with Crippen molar-refractivity contribution in [3.63, 3.8) is 0 Å². The van der Waals surface area contributed by atoms with Crippen LogP contribution in [0.1, 0.15) is 0 Å². The van der Waals surface area contributed by atoms with Gasteiger partial charge in [0.2, 0.25) is 5.88 Å². The van der Waals surface area contributed by atoms with Gasteiger partial charge in [-0.3, -0.25) is 0 Å². The molecule has 0 aliphatic carbocycles. The Hall–Kier alpha value is -2.21. The van der Waals surface area contributed by atoms with Crippen molar-refractivity contribution in [2.45, 2.75) is 0 Å². The maximum Gasteiger partial charge on any atom is 0.230 e. The smallest absolute Gasteiger partial charge is 0.230 e. The van der Waals surface area contributed by atoms with E-state index in [1.54, 1.807) is 12.1 Å². The number of halogens is 3. The molecule has 0 radical (unpaired) electrons. The van der Waals surface area contributed by atoms with Crippen molar-refractivity contribution < 1.29 is 13.3 Å². The molecule has 0 saturated carbocycles. The molecule has 2 N–H and O–H groups in total. The first-order valence-corrected chi connectivity index (χ1v) is 6.81. The van der Waals surface area contributed by atoms with Crippen LogP contribution in [0.3, 0.4) is 0 Å². The van der Waals surface area contributed by atoms with Gasteiger partial charge in [-0.1, -0.05) is 33.2 Å². The maximum absolute atomic E-state index is 13.4. The average Bonchev–Trinajstić information content (AvgIpc) is 2.80. The Morgan fingerprint density at radius 2 is 1.57 bits per heavy atom. The standard InChI is InChI=1S/C15H9BrF2N2O/c16-10-3-1-8(2-4-10)14-13(15(19)21-20-14)9-5-11(17)7-12(18)6-9/h1-7H,19H2. The Balaban J connectivity index is 2.19. The van der Waals surface area contributed by atoms with Crippen molar-refractivity contribution >= 4 is 21.8 Å². The van der Waals surface area contributed by atoms with Gasteiger partial charge in [-0.2, -0.15) is 0 Å². The molecule has 0 aliphatic heterocycles. The summed E-state index contributed by atoms with van der Waals surface area (Å²) < 4.78 is 32.7. The van der Waals surface area contributed by atoms with E-state index in [0.717, 1.165) is 16.1 Å². The lowest BCUT2D eigenvalue weighted by molar-refractivity contribution is 0.439. The molecular weight excluding hydrogens is 342 g/mol. The number of nitrogens with two attached hydrogens (primary N) is 1. The van der Waals surface area contributed by atoms with E-state index in [9.17, 15) is 8.78 Å². The van der Waals surface area contributed by atoms with Gasteiger partial charge in [0.15, 0.2) is 0 Å². The number of anilines is 1. The predicted molar refractivity (Wildman–Crippen MR) is 79.4 cm³/mol. The zero-order valence-corrected chi connectivity index (χ0v) is 12.2. The first kappa shape index (κ1) is 13.8. The fourth-order valence-corrected chi connectivity index (χ4v) is 2.35. The molecule has 0 aliphatic rings. The van der Waals surface area contributed by atoms with Crippen molar-refractivity contribution in [2.24, 2.45) is 0 Å². The van der Waals surface area contributed by atoms with Gasteiger partial charge in [0.1, 0.15) is 17.3 Å². The van der Waals surface area contributed by atoms with E-state index in [-0.39, 0.29) is 11.4 Å². The molecule has 106 valence electrons. The lowest BCUT2D eigenvalue weighted by atomic mass is 10.0. The first-order valence-electron chi connectivity index (χ1n) is 6.02. The minimum absolute atomic E-state index is 0.0120. The number of nitrogen functional groups attached to an aromatic ring is 1. The third kappa shape index (κ3) is 2.67. The summed E-state index contributed by atoms with van der Waals surface area (Å²) in [6.45, 7) is 0. The molecular formula is C15H9BrF2N2O. The number of benzene rings is 2. The third-order valence-corrected chi connectivity index (χ3v) is 3.52. The molecule has 0 fully saturated rings. The molecule has 1 aromatic heterocycles. The third-order valence-electron chi connectivity index (χ3n) is 2.99. The number of aromatic nitrogens is 1. The topological polar surface area (TPSA) is 52.0 Å². The highest BCUT2D eigenvalue weighted by molar-refractivity contribution is 9.10. The lowest BCUT2D eigenvalue weighted by Gasteiger charge is -2.04. The van der Waals surface area contributed by atoms with Crippen LogP contribution in [-0.4, -0.2) is 5.16 Å². The highest BCUT2D eigenvalue weighted by atomic mass is 79.9. The zero-order valence-electron chi connectivity index (χ0n) is 10.6. The molecule has 3 aromatic rings. The molecule has 6 heteroatoms. The molecule has 0 atom stereocenters. The minimum atomic E-state index is -0.688. The van der Waals surface area contributed by atoms with Gasteiger partial charge in [-0.25, -0.2) is 8.78 Å². The van der Waals surface area contributed by atoms with Gasteiger partial charge < -0.3 is 10.3 Å². The number of nitrogens with zero attached hydrogens (tertiary/aromatic N) is 1. The number of rotatable bonds is 2. The second kappa shape index (κ2) is 5.29. The van der Waals surface area contributed by atoms with Gasteiger partial charge >= 0.3 is 0 Å². The lowest BCUT2D eigenvalue weighted by Crippen LogP contribution is -1.90. The quantitative estimate of drug-likeness (QED) is 0.732. The molecule has 0 saturated heterocycles. The summed E-state index contributed by atoms with van der Waals surface area (Å²) in [4.78, 5) is 0. The molecule has 0 bridgehead atoms. The highest BCUT2D eigenvalue weighted by Gasteiger charge is 2.18. The van der Waals surface area contributed by atoms with Crippen LogP contribution in [0.2, 0.25) is 0 Å². The van der Waals surface area contributed by atoms with Crippen LogP contribution in [-0.2, 0) is 0 Å². The SMILES string of the molecule is Nc1onc(-c2ccc(Br)cc2)c1-c1cc(F)cc(F)c1. The van der Waals surface area contributed by atoms with E-state index in [2.05, 4.69) is 21.1 Å². The second-order valence-electron chi connectivity index (χ2n) is 4.44. The van der Waals surface area contributed by atoms with Crippen molar-refractivity contribution in [1.29, 1.82) is 0 Å². The molecule has 0 amide bonds. The van der Waals surface area contributed by atoms with E-state index in [0.29, 0.717) is 11.3 Å². The molecule has 0 spiro atoms. The molecule has 0 unspecified atom stereocenters. The van der Waals surface area contributed by atoms with Gasteiger partial charge in [0.05, 0.1) is 5.56 Å². The van der Waals surface area contributed by atoms with Crippen LogP contribution in [0.5, 0.6) is 0 Å². The molecule has 1 heterocycles. The number of hydrogen-bond acceptors (Lipinski definition) is 3. The van der Waals surface area contributed by atoms with E-state index < -0.39 is 11.6 Å². The van der Waals surface area contributed by atoms with Gasteiger partial charge in [-0.05, 0) is 29.8 Å². The van der Waals surface area contributed by atoms with Gasteiger partial charge in [-0.15, -0.1) is 0 Å². The Kier molecular flexibility index (Phi) is 3.47. The van der Waals surface area contributed by atoms with Crippen molar-refractivity contribution in [3.05, 3.63) is 58.6 Å². The summed E-state index contributed by atoms with van der Waals surface area (Å²) in [6, 6.07) is 10.4. The molecule has 2 aromatic carbocycles. The monoisotopic (exact) mass is 350 g/mol. The van der Waals surface area contributed by atoms with Crippen LogP contribution in [0.15, 0.2) is 51.5 Å². The van der Waals surface area contributed by atoms with Crippen molar-refractivity contribution in [2.75, 3.05) is 5.73 Å². The van der Waals surface area contributed by atoms with Crippen molar-refractivity contribution in [3.8, 4) is 22.4 Å². The summed E-state index contributed by atoms with van der Waals surface area (Å²) in [7, 11) is 0. The summed E-state index contributed by atoms with van der Waals surface area (Å²) in [5, 5.41) is 3.89. The molecule has 21 heavy (non-hydrogen) atoms. The summed E-state index contributed by atoms with van der Waals surface area (Å²) in [5.41, 5.74) is 7.58. The zero-order chi connectivity index (χ0) is 15.0. The predicted octanol–water partition coefficient (Wildman–Crippen LogP) is 4.63. The van der Waals surface area contributed by atoms with Crippen LogP contribution in [0.4, 0.5) is 14.7 Å². The van der Waals surface area contributed by atoms with E-state index in [1.807, 2.05) is 12.1 Å². The maximum atomic E-state index is 13.4. The van der Waals surface area contributed by atoms with Crippen molar-refractivity contribution in [1.82, 2.24) is 5.16 Å². The summed E-state index contributed by atoms with van der Waals surface area (Å²) in [6.07, 6.45) is 0. The Labute approximate surface area is 127 Å². The van der Waals surface area contributed by atoms with Gasteiger partial charge in [0.25, 0.3) is 0 Å². The number of hydrogen-bond donors (Lipinski definition) is 1. The average molecular weight is 351 g/mol. The highest BCUT2D eigenvalue weighted by Crippen LogP contribution is 2.37. The Bertz CT molecular complexity index is 780. The van der Waals surface area contributed by atoms with E-state index >= 15 is 0 Å². The van der Waals surface area contributed by atoms with E-state index in [1.165, 1.54) is 12.1 Å². The van der Waals surface area contributed by atoms with E-state index in [4.69, 9.17) is 10.3 Å². The van der Waals surface area contributed by atoms with Gasteiger partial charge in [0, 0.05) is 16.1 Å². The summed E-state index contributed by atoms with van der Waals surface area (Å²) >= 11 is 3.34. The molecule has 3 nitrogen and oxygen atoms in total. The van der Waals surface area contributed by atoms with Crippen LogP contribution in [0.25, 0.3) is 22.4 Å². The largest absolute Gasteiger partial charge is 0.367 e. The first-order chi connectivity index (χ1) is 10.0. The molecule has 3 rings (SSSR count). The minimum Gasteiger partial charge on any atom is -0.367 e. The van der Waals surface area contributed by atoms with Crippen LogP contribution in [0, 0.1) is 11.6 Å². The fourth-order valence-electron chi connectivity index (χ4n) is 2.08. The summed E-state index contributed by atoms with van der Waals surface area (Å²) in [5.74, 6) is -1.36. The van der Waals surface area contributed by atoms with Crippen LogP contribution >= 0.6 is 15.9 Å². The normalized spacial score (nSPS) is 10.8. The Morgan fingerprint density at radius 3 is 2.19 bits per heavy atom. The fraction of sp³-hybridized carbons (Fsp3) is 0.